The third-order valence-electron chi connectivity index (χ3n) is 3.01. The summed E-state index contributed by atoms with van der Waals surface area (Å²) in [4.78, 5) is 23.2. The standard InChI is InChI=1S/C16H16N2O4S/c1-11(19)17-13-5-3-12(4-6-13)16(20)18-14-7-9-15(10-8-14)23(2,21)22/h3-10H,1-2H3,(H,17,19)(H,18,20). The normalized spacial score (nSPS) is 10.9. The molecular weight excluding hydrogens is 316 g/mol. The lowest BCUT2D eigenvalue weighted by molar-refractivity contribution is -0.114. The summed E-state index contributed by atoms with van der Waals surface area (Å²) in [6.45, 7) is 1.40. The van der Waals surface area contributed by atoms with E-state index in [1.807, 2.05) is 0 Å². The lowest BCUT2D eigenvalue weighted by atomic mass is 10.2. The van der Waals surface area contributed by atoms with Gasteiger partial charge in [0, 0.05) is 30.1 Å². The number of nitrogens with one attached hydrogen (secondary N) is 2. The second-order valence-corrected chi connectivity index (χ2v) is 7.02. The van der Waals surface area contributed by atoms with Crippen molar-refractivity contribution in [3.05, 3.63) is 54.1 Å². The van der Waals surface area contributed by atoms with Crippen LogP contribution in [-0.4, -0.2) is 26.5 Å². The number of amides is 2. The van der Waals surface area contributed by atoms with Gasteiger partial charge in [0.1, 0.15) is 0 Å². The summed E-state index contributed by atoms with van der Waals surface area (Å²) in [5, 5.41) is 5.29. The van der Waals surface area contributed by atoms with Crippen LogP contribution in [-0.2, 0) is 14.6 Å². The molecule has 0 radical (unpaired) electrons. The zero-order chi connectivity index (χ0) is 17.0. The Labute approximate surface area is 134 Å². The number of hydrogen-bond donors (Lipinski definition) is 2. The van der Waals surface area contributed by atoms with Gasteiger partial charge in [-0.05, 0) is 48.5 Å². The van der Waals surface area contributed by atoms with E-state index >= 15 is 0 Å². The number of benzene rings is 2. The molecule has 0 heterocycles. The van der Waals surface area contributed by atoms with Crippen molar-refractivity contribution in [1.29, 1.82) is 0 Å². The maximum absolute atomic E-state index is 12.1. The highest BCUT2D eigenvalue weighted by molar-refractivity contribution is 7.90. The summed E-state index contributed by atoms with van der Waals surface area (Å²) in [7, 11) is -3.26. The quantitative estimate of drug-likeness (QED) is 0.898. The average molecular weight is 332 g/mol. The number of hydrogen-bond acceptors (Lipinski definition) is 4. The molecule has 0 bridgehead atoms. The first-order chi connectivity index (χ1) is 10.8. The van der Waals surface area contributed by atoms with Crippen LogP contribution in [0.5, 0.6) is 0 Å². The maximum atomic E-state index is 12.1. The fourth-order valence-corrected chi connectivity index (χ4v) is 2.53. The highest BCUT2D eigenvalue weighted by Gasteiger charge is 2.09. The number of rotatable bonds is 4. The molecule has 0 spiro atoms. The van der Waals surface area contributed by atoms with Crippen LogP contribution in [0.4, 0.5) is 11.4 Å². The molecule has 0 aliphatic carbocycles. The first-order valence-electron chi connectivity index (χ1n) is 6.75. The van der Waals surface area contributed by atoms with E-state index in [1.54, 1.807) is 24.3 Å². The molecule has 23 heavy (non-hydrogen) atoms. The van der Waals surface area contributed by atoms with E-state index < -0.39 is 9.84 Å². The minimum absolute atomic E-state index is 0.187. The van der Waals surface area contributed by atoms with Gasteiger partial charge in [-0.1, -0.05) is 0 Å². The van der Waals surface area contributed by atoms with E-state index in [1.165, 1.54) is 31.2 Å². The van der Waals surface area contributed by atoms with Crippen LogP contribution in [0.15, 0.2) is 53.4 Å². The molecule has 2 aromatic rings. The molecule has 0 aromatic heterocycles. The zero-order valence-electron chi connectivity index (χ0n) is 12.7. The molecule has 6 nitrogen and oxygen atoms in total. The van der Waals surface area contributed by atoms with E-state index in [-0.39, 0.29) is 16.7 Å². The molecule has 0 saturated carbocycles. The van der Waals surface area contributed by atoms with Gasteiger partial charge in [0.05, 0.1) is 4.90 Å². The lowest BCUT2D eigenvalue weighted by Gasteiger charge is -2.07. The molecule has 0 atom stereocenters. The number of sulfone groups is 1. The molecule has 2 rings (SSSR count). The Balaban J connectivity index is 2.08. The van der Waals surface area contributed by atoms with Crippen molar-refractivity contribution in [1.82, 2.24) is 0 Å². The summed E-state index contributed by atoms with van der Waals surface area (Å²) >= 11 is 0. The minimum atomic E-state index is -3.26. The predicted molar refractivity (Wildman–Crippen MR) is 88.3 cm³/mol. The van der Waals surface area contributed by atoms with Crippen molar-refractivity contribution < 1.29 is 18.0 Å². The van der Waals surface area contributed by atoms with Crippen molar-refractivity contribution in [2.45, 2.75) is 11.8 Å². The number of carbonyl (C=O) groups excluding carboxylic acids is 2. The Morgan fingerprint density at radius 3 is 1.78 bits per heavy atom. The van der Waals surface area contributed by atoms with Crippen molar-refractivity contribution >= 4 is 33.0 Å². The number of carbonyl (C=O) groups is 2. The fourth-order valence-electron chi connectivity index (χ4n) is 1.90. The Morgan fingerprint density at radius 1 is 0.826 bits per heavy atom. The van der Waals surface area contributed by atoms with E-state index in [0.29, 0.717) is 16.9 Å². The summed E-state index contributed by atoms with van der Waals surface area (Å²) < 4.78 is 22.8. The van der Waals surface area contributed by atoms with E-state index in [0.717, 1.165) is 6.26 Å². The van der Waals surface area contributed by atoms with Crippen molar-refractivity contribution in [2.24, 2.45) is 0 Å². The minimum Gasteiger partial charge on any atom is -0.326 e. The summed E-state index contributed by atoms with van der Waals surface area (Å²) in [6.07, 6.45) is 1.12. The fraction of sp³-hybridized carbons (Fsp3) is 0.125. The maximum Gasteiger partial charge on any atom is 0.255 e. The molecule has 2 N–H and O–H groups in total. The van der Waals surface area contributed by atoms with Gasteiger partial charge in [-0.2, -0.15) is 0 Å². The molecule has 2 aromatic carbocycles. The Morgan fingerprint density at radius 2 is 1.30 bits per heavy atom. The largest absolute Gasteiger partial charge is 0.326 e. The van der Waals surface area contributed by atoms with Crippen molar-refractivity contribution in [2.75, 3.05) is 16.9 Å². The summed E-state index contributed by atoms with van der Waals surface area (Å²) in [6, 6.07) is 12.4. The third kappa shape index (κ3) is 4.65. The zero-order valence-corrected chi connectivity index (χ0v) is 13.5. The molecule has 0 aliphatic heterocycles. The average Bonchev–Trinajstić information content (AvgIpc) is 2.47. The van der Waals surface area contributed by atoms with Crippen LogP contribution in [0.3, 0.4) is 0 Å². The Bertz CT molecular complexity index is 825. The second kappa shape index (κ2) is 6.62. The van der Waals surface area contributed by atoms with Crippen LogP contribution in [0.25, 0.3) is 0 Å². The molecule has 0 unspecified atom stereocenters. The monoisotopic (exact) mass is 332 g/mol. The van der Waals surface area contributed by atoms with Gasteiger partial charge in [-0.15, -0.1) is 0 Å². The molecule has 0 aliphatic rings. The van der Waals surface area contributed by atoms with Crippen LogP contribution >= 0.6 is 0 Å². The topological polar surface area (TPSA) is 92.3 Å². The van der Waals surface area contributed by atoms with Gasteiger partial charge in [-0.25, -0.2) is 8.42 Å². The van der Waals surface area contributed by atoms with Crippen LogP contribution < -0.4 is 10.6 Å². The van der Waals surface area contributed by atoms with E-state index in [9.17, 15) is 18.0 Å². The van der Waals surface area contributed by atoms with Crippen molar-refractivity contribution in [3.63, 3.8) is 0 Å². The van der Waals surface area contributed by atoms with Crippen molar-refractivity contribution in [3.8, 4) is 0 Å². The van der Waals surface area contributed by atoms with Crippen LogP contribution in [0.1, 0.15) is 17.3 Å². The Kier molecular flexibility index (Phi) is 4.80. The van der Waals surface area contributed by atoms with Gasteiger partial charge >= 0.3 is 0 Å². The van der Waals surface area contributed by atoms with Crippen LogP contribution in [0, 0.1) is 0 Å². The molecular formula is C16H16N2O4S. The van der Waals surface area contributed by atoms with Gasteiger partial charge < -0.3 is 10.6 Å². The van der Waals surface area contributed by atoms with E-state index in [4.69, 9.17) is 0 Å². The summed E-state index contributed by atoms with van der Waals surface area (Å²) in [5.41, 5.74) is 1.52. The highest BCUT2D eigenvalue weighted by atomic mass is 32.2. The first kappa shape index (κ1) is 16.7. The van der Waals surface area contributed by atoms with Gasteiger partial charge in [-0.3, -0.25) is 9.59 Å². The first-order valence-corrected chi connectivity index (χ1v) is 8.64. The summed E-state index contributed by atoms with van der Waals surface area (Å²) in [5.74, 6) is -0.514. The molecule has 120 valence electrons. The molecule has 0 saturated heterocycles. The molecule has 0 fully saturated rings. The van der Waals surface area contributed by atoms with Crippen LogP contribution in [0.2, 0.25) is 0 Å². The van der Waals surface area contributed by atoms with Gasteiger partial charge in [0.25, 0.3) is 5.91 Å². The second-order valence-electron chi connectivity index (χ2n) is 5.01. The smallest absolute Gasteiger partial charge is 0.255 e. The van der Waals surface area contributed by atoms with E-state index in [2.05, 4.69) is 10.6 Å². The Hall–Kier alpha value is -2.67. The highest BCUT2D eigenvalue weighted by Crippen LogP contribution is 2.16. The number of anilines is 2. The molecule has 2 amide bonds. The predicted octanol–water partition coefficient (Wildman–Crippen LogP) is 2.30. The third-order valence-corrected chi connectivity index (χ3v) is 4.14. The lowest BCUT2D eigenvalue weighted by Crippen LogP contribution is -2.12. The molecule has 7 heteroatoms. The SMILES string of the molecule is CC(=O)Nc1ccc(C(=O)Nc2ccc(S(C)(=O)=O)cc2)cc1. The van der Waals surface area contributed by atoms with Gasteiger partial charge in [0.15, 0.2) is 9.84 Å². The van der Waals surface area contributed by atoms with Gasteiger partial charge in [0.2, 0.25) is 5.91 Å².